The van der Waals surface area contributed by atoms with Gasteiger partial charge in [0.2, 0.25) is 5.91 Å². The molecule has 0 atom stereocenters. The topological polar surface area (TPSA) is 65.5 Å². The van der Waals surface area contributed by atoms with Gasteiger partial charge in [0.15, 0.2) is 5.96 Å². The van der Waals surface area contributed by atoms with E-state index in [0.29, 0.717) is 32.1 Å². The van der Waals surface area contributed by atoms with Crippen molar-refractivity contribution >= 4 is 35.8 Å². The number of nitrogens with one attached hydrogen (secondary N) is 3. The molecule has 29 heavy (non-hydrogen) atoms. The molecule has 2 aliphatic rings. The summed E-state index contributed by atoms with van der Waals surface area (Å²) in [5.74, 6) is -0.0645. The minimum Gasteiger partial charge on any atom is -0.357 e. The zero-order valence-electron chi connectivity index (χ0n) is 16.9. The van der Waals surface area contributed by atoms with Crippen LogP contribution in [0.15, 0.2) is 23.2 Å². The van der Waals surface area contributed by atoms with Gasteiger partial charge in [-0.1, -0.05) is 18.9 Å². The number of hydrogen-bond donors (Lipinski definition) is 3. The third kappa shape index (κ3) is 6.26. The maximum Gasteiger partial charge on any atom is 0.223 e. The zero-order valence-corrected chi connectivity index (χ0v) is 19.2. The molecule has 1 aromatic rings. The van der Waals surface area contributed by atoms with Crippen LogP contribution in [-0.2, 0) is 10.2 Å². The second-order valence-electron chi connectivity index (χ2n) is 7.77. The monoisotopic (exact) mass is 520 g/mol. The Morgan fingerprint density at radius 3 is 2.31 bits per heavy atom. The maximum atomic E-state index is 14.5. The molecule has 1 amide bonds. The molecule has 0 aliphatic heterocycles. The van der Waals surface area contributed by atoms with Crippen LogP contribution in [0.5, 0.6) is 0 Å². The van der Waals surface area contributed by atoms with E-state index < -0.39 is 17.0 Å². The summed E-state index contributed by atoms with van der Waals surface area (Å²) in [5.41, 5.74) is -0.429. The normalized spacial score (nSPS) is 18.1. The van der Waals surface area contributed by atoms with Gasteiger partial charge in [0.05, 0.1) is 6.54 Å². The van der Waals surface area contributed by atoms with Gasteiger partial charge >= 0.3 is 0 Å². The third-order valence-electron chi connectivity index (χ3n) is 5.60. The van der Waals surface area contributed by atoms with Crippen LogP contribution in [0.2, 0.25) is 0 Å². The van der Waals surface area contributed by atoms with Gasteiger partial charge in [-0.2, -0.15) is 0 Å². The fraction of sp³-hybridized carbons (Fsp3) is 0.619. The molecule has 3 N–H and O–H groups in total. The van der Waals surface area contributed by atoms with E-state index >= 15 is 0 Å². The SMILES string of the molecule is CCNC(=NCC1(c2c(F)cccc2F)CCCC1)NCCNC(=O)C1CC1.I. The van der Waals surface area contributed by atoms with Gasteiger partial charge in [-0.15, -0.1) is 24.0 Å². The smallest absolute Gasteiger partial charge is 0.223 e. The molecule has 3 rings (SSSR count). The van der Waals surface area contributed by atoms with Gasteiger partial charge in [0, 0.05) is 36.5 Å². The van der Waals surface area contributed by atoms with Crippen LogP contribution < -0.4 is 16.0 Å². The lowest BCUT2D eigenvalue weighted by atomic mass is 9.78. The van der Waals surface area contributed by atoms with Gasteiger partial charge in [0.1, 0.15) is 11.6 Å². The first kappa shape index (κ1) is 23.8. The summed E-state index contributed by atoms with van der Waals surface area (Å²) in [4.78, 5) is 16.3. The van der Waals surface area contributed by atoms with E-state index in [-0.39, 0.29) is 41.4 Å². The Balaban J connectivity index is 0.00000300. The van der Waals surface area contributed by atoms with Gasteiger partial charge < -0.3 is 16.0 Å². The van der Waals surface area contributed by atoms with Crippen molar-refractivity contribution in [2.75, 3.05) is 26.2 Å². The summed E-state index contributed by atoms with van der Waals surface area (Å²) in [6.45, 7) is 4.04. The molecular weight excluding hydrogens is 489 g/mol. The third-order valence-corrected chi connectivity index (χ3v) is 5.60. The first-order valence-corrected chi connectivity index (χ1v) is 10.3. The highest BCUT2D eigenvalue weighted by Gasteiger charge is 2.39. The van der Waals surface area contributed by atoms with Crippen LogP contribution in [0, 0.1) is 17.6 Å². The highest BCUT2D eigenvalue weighted by molar-refractivity contribution is 14.0. The van der Waals surface area contributed by atoms with Gasteiger partial charge in [0.25, 0.3) is 0 Å². The molecule has 2 saturated carbocycles. The lowest BCUT2D eigenvalue weighted by Gasteiger charge is -2.29. The Labute approximate surface area is 188 Å². The lowest BCUT2D eigenvalue weighted by molar-refractivity contribution is -0.122. The number of carbonyl (C=O) groups is 1. The predicted molar refractivity (Wildman–Crippen MR) is 122 cm³/mol. The molecule has 8 heteroatoms. The molecule has 0 unspecified atom stereocenters. The number of aliphatic imine (C=N–C) groups is 1. The molecule has 5 nitrogen and oxygen atoms in total. The van der Waals surface area contributed by atoms with Crippen molar-refractivity contribution in [1.29, 1.82) is 0 Å². The van der Waals surface area contributed by atoms with E-state index in [1.54, 1.807) is 0 Å². The summed E-state index contributed by atoms with van der Waals surface area (Å²) in [5, 5.41) is 9.26. The lowest BCUT2D eigenvalue weighted by Crippen LogP contribution is -2.42. The molecule has 1 aromatic carbocycles. The molecule has 2 fully saturated rings. The zero-order chi connectivity index (χ0) is 20.0. The van der Waals surface area contributed by atoms with Gasteiger partial charge in [-0.25, -0.2) is 8.78 Å². The summed E-state index contributed by atoms with van der Waals surface area (Å²) >= 11 is 0. The van der Waals surface area contributed by atoms with Crippen molar-refractivity contribution in [3.63, 3.8) is 0 Å². The van der Waals surface area contributed by atoms with Crippen molar-refractivity contribution in [3.05, 3.63) is 35.4 Å². The van der Waals surface area contributed by atoms with Crippen molar-refractivity contribution < 1.29 is 13.6 Å². The minimum atomic E-state index is -0.599. The van der Waals surface area contributed by atoms with Gasteiger partial charge in [-0.05, 0) is 44.7 Å². The average Bonchev–Trinajstić information content (AvgIpc) is 3.42. The molecule has 0 aromatic heterocycles. The number of benzene rings is 1. The number of nitrogens with zero attached hydrogens (tertiary/aromatic N) is 1. The molecule has 0 spiro atoms. The quantitative estimate of drug-likeness (QED) is 0.213. The molecule has 0 saturated heterocycles. The summed E-state index contributed by atoms with van der Waals surface area (Å²) in [6.07, 6.45) is 5.31. The van der Waals surface area contributed by atoms with Crippen LogP contribution >= 0.6 is 24.0 Å². The summed E-state index contributed by atoms with van der Waals surface area (Å²) < 4.78 is 28.9. The van der Waals surface area contributed by atoms with E-state index in [4.69, 9.17) is 0 Å². The Kier molecular flexibility index (Phi) is 9.10. The Hall–Kier alpha value is -1.45. The highest BCUT2D eigenvalue weighted by atomic mass is 127. The van der Waals surface area contributed by atoms with E-state index in [0.717, 1.165) is 38.5 Å². The largest absolute Gasteiger partial charge is 0.357 e. The second-order valence-corrected chi connectivity index (χ2v) is 7.77. The standard InChI is InChI=1S/C21H30F2N4O.HI/c1-2-24-20(26-13-12-25-19(28)15-8-9-15)27-14-21(10-3-4-11-21)18-16(22)6-5-7-17(18)23;/h5-7,15H,2-4,8-14H2,1H3,(H,25,28)(H2,24,26,27);1H. The van der Waals surface area contributed by atoms with Crippen LogP contribution in [0.1, 0.15) is 51.0 Å². The number of rotatable bonds is 8. The average molecular weight is 520 g/mol. The summed E-state index contributed by atoms with van der Waals surface area (Å²) in [7, 11) is 0. The molecule has 0 bridgehead atoms. The van der Waals surface area contributed by atoms with Crippen LogP contribution in [0.3, 0.4) is 0 Å². The molecule has 162 valence electrons. The van der Waals surface area contributed by atoms with Crippen molar-refractivity contribution in [2.24, 2.45) is 10.9 Å². The van der Waals surface area contributed by atoms with Crippen LogP contribution in [-0.4, -0.2) is 38.0 Å². The molecular formula is C21H31F2IN4O. The van der Waals surface area contributed by atoms with E-state index in [1.165, 1.54) is 18.2 Å². The molecule has 0 heterocycles. The fourth-order valence-corrected chi connectivity index (χ4v) is 3.97. The minimum absolute atomic E-state index is 0. The second kappa shape index (κ2) is 11.1. The molecule has 2 aliphatic carbocycles. The van der Waals surface area contributed by atoms with Crippen LogP contribution in [0.25, 0.3) is 0 Å². The number of halogens is 3. The highest BCUT2D eigenvalue weighted by Crippen LogP contribution is 2.43. The van der Waals surface area contributed by atoms with E-state index in [1.807, 2.05) is 6.92 Å². The Morgan fingerprint density at radius 1 is 1.10 bits per heavy atom. The van der Waals surface area contributed by atoms with Crippen molar-refractivity contribution in [2.45, 2.75) is 50.9 Å². The number of guanidine groups is 1. The van der Waals surface area contributed by atoms with Crippen molar-refractivity contribution in [1.82, 2.24) is 16.0 Å². The predicted octanol–water partition coefficient (Wildman–Crippen LogP) is 3.48. The molecule has 0 radical (unpaired) electrons. The van der Waals surface area contributed by atoms with Crippen LogP contribution in [0.4, 0.5) is 8.78 Å². The number of amides is 1. The first-order valence-electron chi connectivity index (χ1n) is 10.3. The first-order chi connectivity index (χ1) is 13.6. The fourth-order valence-electron chi connectivity index (χ4n) is 3.97. The van der Waals surface area contributed by atoms with Crippen molar-refractivity contribution in [3.8, 4) is 0 Å². The van der Waals surface area contributed by atoms with E-state index in [9.17, 15) is 13.6 Å². The number of carbonyl (C=O) groups excluding carboxylic acids is 1. The van der Waals surface area contributed by atoms with E-state index in [2.05, 4.69) is 20.9 Å². The number of hydrogen-bond acceptors (Lipinski definition) is 2. The summed E-state index contributed by atoms with van der Waals surface area (Å²) in [6, 6.07) is 4.06. The maximum absolute atomic E-state index is 14.5. The Morgan fingerprint density at radius 2 is 1.72 bits per heavy atom. The Bertz CT molecular complexity index is 698. The van der Waals surface area contributed by atoms with Gasteiger partial charge in [-0.3, -0.25) is 9.79 Å².